The minimum Gasteiger partial charge on any atom is -0.384 e. The molecule has 0 aliphatic heterocycles. The molecule has 0 radical (unpaired) electrons. The van der Waals surface area contributed by atoms with Crippen LogP contribution in [0.5, 0.6) is 0 Å². The molecule has 19 heavy (non-hydrogen) atoms. The topological polar surface area (TPSA) is 71.1 Å². The predicted molar refractivity (Wildman–Crippen MR) is 79.9 cm³/mol. The van der Waals surface area contributed by atoms with E-state index in [1.807, 2.05) is 43.3 Å². The zero-order valence-electron chi connectivity index (χ0n) is 11.2. The van der Waals surface area contributed by atoms with E-state index in [9.17, 15) is 0 Å². The van der Waals surface area contributed by atoms with E-state index in [-0.39, 0.29) is 11.9 Å². The van der Waals surface area contributed by atoms with Crippen molar-refractivity contribution in [2.75, 3.05) is 19.0 Å². The molecule has 2 aromatic rings. The highest BCUT2D eigenvalue weighted by molar-refractivity contribution is 6.10. The van der Waals surface area contributed by atoms with Gasteiger partial charge in [-0.25, -0.2) is 0 Å². The number of benzene rings is 2. The van der Waals surface area contributed by atoms with Crippen LogP contribution >= 0.6 is 0 Å². The SMILES string of the molecule is COC(C)CNc1ccc(C(=N)N)c2ccccc12. The van der Waals surface area contributed by atoms with Crippen molar-refractivity contribution in [3.8, 4) is 0 Å². The first-order chi connectivity index (χ1) is 9.13. The van der Waals surface area contributed by atoms with Crippen molar-refractivity contribution in [1.82, 2.24) is 0 Å². The summed E-state index contributed by atoms with van der Waals surface area (Å²) in [6.07, 6.45) is 0.145. The monoisotopic (exact) mass is 257 g/mol. The van der Waals surface area contributed by atoms with Crippen molar-refractivity contribution < 1.29 is 4.74 Å². The molecule has 0 saturated heterocycles. The van der Waals surface area contributed by atoms with E-state index in [0.29, 0.717) is 0 Å². The molecule has 4 heteroatoms. The average molecular weight is 257 g/mol. The summed E-state index contributed by atoms with van der Waals surface area (Å²) in [5.74, 6) is 0.0907. The molecule has 0 amide bonds. The van der Waals surface area contributed by atoms with Gasteiger partial charge >= 0.3 is 0 Å². The Morgan fingerprint density at radius 3 is 2.58 bits per heavy atom. The Morgan fingerprint density at radius 2 is 1.95 bits per heavy atom. The molecule has 0 saturated carbocycles. The summed E-state index contributed by atoms with van der Waals surface area (Å²) in [5, 5.41) is 13.1. The Labute approximate surface area is 113 Å². The quantitative estimate of drug-likeness (QED) is 0.569. The molecule has 0 aliphatic rings. The smallest absolute Gasteiger partial charge is 0.123 e. The van der Waals surface area contributed by atoms with Gasteiger partial charge in [0.05, 0.1) is 6.10 Å². The number of hydrogen-bond donors (Lipinski definition) is 3. The molecule has 1 atom stereocenters. The van der Waals surface area contributed by atoms with Crippen LogP contribution in [0.4, 0.5) is 5.69 Å². The third-order valence-corrected chi connectivity index (χ3v) is 3.20. The zero-order valence-corrected chi connectivity index (χ0v) is 11.2. The Balaban J connectivity index is 2.41. The minimum atomic E-state index is 0.0907. The molecular formula is C15H19N3O. The van der Waals surface area contributed by atoms with Gasteiger partial charge in [-0.2, -0.15) is 0 Å². The van der Waals surface area contributed by atoms with Gasteiger partial charge in [0, 0.05) is 30.3 Å². The van der Waals surface area contributed by atoms with Crippen molar-refractivity contribution >= 4 is 22.3 Å². The summed E-state index contributed by atoms with van der Waals surface area (Å²) in [7, 11) is 1.70. The summed E-state index contributed by atoms with van der Waals surface area (Å²) >= 11 is 0. The third kappa shape index (κ3) is 2.85. The van der Waals surface area contributed by atoms with Gasteiger partial charge in [0.1, 0.15) is 5.84 Å². The lowest BCUT2D eigenvalue weighted by Crippen LogP contribution is -2.18. The molecule has 2 aromatic carbocycles. The Morgan fingerprint density at radius 1 is 1.26 bits per heavy atom. The van der Waals surface area contributed by atoms with Crippen LogP contribution in [-0.4, -0.2) is 25.6 Å². The summed E-state index contributed by atoms with van der Waals surface area (Å²) in [4.78, 5) is 0. The number of ether oxygens (including phenoxy) is 1. The second-order valence-corrected chi connectivity index (χ2v) is 4.55. The molecule has 0 bridgehead atoms. The van der Waals surface area contributed by atoms with Gasteiger partial charge in [-0.15, -0.1) is 0 Å². The summed E-state index contributed by atoms with van der Waals surface area (Å²) in [5.41, 5.74) is 7.41. The number of rotatable bonds is 5. The molecule has 0 aromatic heterocycles. The fourth-order valence-corrected chi connectivity index (χ4v) is 2.03. The third-order valence-electron chi connectivity index (χ3n) is 3.20. The molecule has 4 nitrogen and oxygen atoms in total. The average Bonchev–Trinajstić information content (AvgIpc) is 2.43. The highest BCUT2D eigenvalue weighted by atomic mass is 16.5. The number of nitrogens with two attached hydrogens (primary N) is 1. The fraction of sp³-hybridized carbons (Fsp3) is 0.267. The molecular weight excluding hydrogens is 238 g/mol. The van der Waals surface area contributed by atoms with E-state index in [1.54, 1.807) is 7.11 Å². The van der Waals surface area contributed by atoms with Crippen molar-refractivity contribution in [3.63, 3.8) is 0 Å². The van der Waals surface area contributed by atoms with E-state index in [1.165, 1.54) is 0 Å². The maximum atomic E-state index is 7.63. The zero-order chi connectivity index (χ0) is 13.8. The van der Waals surface area contributed by atoms with E-state index < -0.39 is 0 Å². The highest BCUT2D eigenvalue weighted by Gasteiger charge is 2.08. The van der Waals surface area contributed by atoms with Gasteiger partial charge in [0.2, 0.25) is 0 Å². The molecule has 0 heterocycles. The summed E-state index contributed by atoms with van der Waals surface area (Å²) in [6.45, 7) is 2.75. The molecule has 1 unspecified atom stereocenters. The van der Waals surface area contributed by atoms with Crippen LogP contribution in [0.1, 0.15) is 12.5 Å². The van der Waals surface area contributed by atoms with Crippen molar-refractivity contribution in [2.24, 2.45) is 5.73 Å². The molecule has 4 N–H and O–H groups in total. The second-order valence-electron chi connectivity index (χ2n) is 4.55. The Hall–Kier alpha value is -2.07. The first-order valence-electron chi connectivity index (χ1n) is 6.26. The highest BCUT2D eigenvalue weighted by Crippen LogP contribution is 2.26. The van der Waals surface area contributed by atoms with E-state index >= 15 is 0 Å². The van der Waals surface area contributed by atoms with Crippen molar-refractivity contribution in [1.29, 1.82) is 5.41 Å². The van der Waals surface area contributed by atoms with Gasteiger partial charge in [-0.3, -0.25) is 5.41 Å². The normalized spacial score (nSPS) is 12.3. The maximum Gasteiger partial charge on any atom is 0.123 e. The molecule has 0 aliphatic carbocycles. The fourth-order valence-electron chi connectivity index (χ4n) is 2.03. The summed E-state index contributed by atoms with van der Waals surface area (Å²) < 4.78 is 5.23. The van der Waals surface area contributed by atoms with Gasteiger partial charge < -0.3 is 15.8 Å². The maximum absolute atomic E-state index is 7.63. The lowest BCUT2D eigenvalue weighted by Gasteiger charge is -2.15. The number of fused-ring (bicyclic) bond motifs is 1. The molecule has 0 fully saturated rings. The van der Waals surface area contributed by atoms with Crippen LogP contribution < -0.4 is 11.1 Å². The largest absolute Gasteiger partial charge is 0.384 e. The predicted octanol–water partition coefficient (Wildman–Crippen LogP) is 2.57. The minimum absolute atomic E-state index is 0.0907. The number of amidine groups is 1. The van der Waals surface area contributed by atoms with Crippen LogP contribution in [0, 0.1) is 5.41 Å². The first-order valence-corrected chi connectivity index (χ1v) is 6.26. The number of anilines is 1. The van der Waals surface area contributed by atoms with E-state index in [4.69, 9.17) is 15.9 Å². The molecule has 100 valence electrons. The van der Waals surface area contributed by atoms with E-state index in [2.05, 4.69) is 5.32 Å². The van der Waals surface area contributed by atoms with Crippen LogP contribution in [0.2, 0.25) is 0 Å². The lowest BCUT2D eigenvalue weighted by molar-refractivity contribution is 0.129. The Kier molecular flexibility index (Phi) is 4.02. The van der Waals surface area contributed by atoms with Crippen molar-refractivity contribution in [2.45, 2.75) is 13.0 Å². The van der Waals surface area contributed by atoms with Crippen LogP contribution in [0.25, 0.3) is 10.8 Å². The molecule has 0 spiro atoms. The number of hydrogen-bond acceptors (Lipinski definition) is 3. The van der Waals surface area contributed by atoms with Gasteiger partial charge in [0.25, 0.3) is 0 Å². The van der Waals surface area contributed by atoms with Gasteiger partial charge in [0.15, 0.2) is 0 Å². The van der Waals surface area contributed by atoms with Crippen LogP contribution in [-0.2, 0) is 4.74 Å². The first kappa shape index (κ1) is 13.4. The second kappa shape index (κ2) is 5.71. The number of methoxy groups -OCH3 is 1. The van der Waals surface area contributed by atoms with Gasteiger partial charge in [-0.05, 0) is 24.4 Å². The van der Waals surface area contributed by atoms with Crippen LogP contribution in [0.3, 0.4) is 0 Å². The van der Waals surface area contributed by atoms with Crippen molar-refractivity contribution in [3.05, 3.63) is 42.0 Å². The van der Waals surface area contributed by atoms with Gasteiger partial charge in [-0.1, -0.05) is 24.3 Å². The summed E-state index contributed by atoms with van der Waals surface area (Å²) in [6, 6.07) is 11.8. The molecule has 2 rings (SSSR count). The Bertz CT molecular complexity index is 595. The number of nitrogens with one attached hydrogen (secondary N) is 2. The number of nitrogen functional groups attached to an aromatic ring is 1. The van der Waals surface area contributed by atoms with Crippen LogP contribution in [0.15, 0.2) is 36.4 Å². The lowest BCUT2D eigenvalue weighted by atomic mass is 10.0. The standard InChI is InChI=1S/C15H19N3O/c1-10(19-2)9-18-14-8-7-13(15(16)17)11-5-3-4-6-12(11)14/h3-8,10,18H,9H2,1-2H3,(H3,16,17). The van der Waals surface area contributed by atoms with E-state index in [0.717, 1.165) is 28.6 Å².